The molecule has 0 atom stereocenters. The number of ether oxygens (including phenoxy) is 1. The van der Waals surface area contributed by atoms with Gasteiger partial charge >= 0.3 is 0 Å². The first-order valence-electron chi connectivity index (χ1n) is 9.80. The Labute approximate surface area is 191 Å². The molecular formula is C20H21N7O3S2. The maximum atomic E-state index is 12.5. The van der Waals surface area contributed by atoms with Gasteiger partial charge in [0.25, 0.3) is 5.56 Å². The van der Waals surface area contributed by atoms with Gasteiger partial charge in [-0.05, 0) is 30.2 Å². The van der Waals surface area contributed by atoms with E-state index in [-0.39, 0.29) is 17.2 Å². The standard InChI is InChI=1S/C20H21N7O3S2/c1-11(2)8-17-24-25-19(32-17)22-16(29)10-31-20-23-18(12-4-6-13(30-3)7-5-12)21-14-9-15(28)26-27(14)20/h4-7,9,11H,8,10H2,1-3H3,(H,26,28)(H,22,25,29). The molecule has 0 saturated carbocycles. The molecule has 0 aliphatic heterocycles. The SMILES string of the molecule is COc1ccc(-c2nc(SCC(=O)Nc3nnc(CC(C)C)s3)n3[nH]c(=O)cc3n2)cc1. The molecule has 0 bridgehead atoms. The van der Waals surface area contributed by atoms with E-state index in [1.807, 2.05) is 24.3 Å². The molecule has 166 valence electrons. The molecule has 10 nitrogen and oxygen atoms in total. The van der Waals surface area contributed by atoms with Crippen LogP contribution in [-0.4, -0.2) is 48.5 Å². The van der Waals surface area contributed by atoms with Crippen molar-refractivity contribution in [3.63, 3.8) is 0 Å². The minimum absolute atomic E-state index is 0.0769. The molecule has 3 heterocycles. The van der Waals surface area contributed by atoms with E-state index in [0.717, 1.165) is 17.0 Å². The van der Waals surface area contributed by atoms with Crippen LogP contribution in [0.5, 0.6) is 5.75 Å². The number of nitrogens with one attached hydrogen (secondary N) is 2. The van der Waals surface area contributed by atoms with E-state index in [1.165, 1.54) is 33.7 Å². The van der Waals surface area contributed by atoms with Gasteiger partial charge in [-0.25, -0.2) is 14.5 Å². The third-order valence-corrected chi connectivity index (χ3v) is 6.10. The zero-order chi connectivity index (χ0) is 22.7. The first kappa shape index (κ1) is 22.0. The fourth-order valence-corrected chi connectivity index (χ4v) is 4.59. The molecule has 0 saturated heterocycles. The molecule has 1 aromatic carbocycles. The topological polar surface area (TPSA) is 127 Å². The van der Waals surface area contributed by atoms with Crippen molar-refractivity contribution in [2.45, 2.75) is 25.4 Å². The average molecular weight is 472 g/mol. The van der Waals surface area contributed by atoms with Crippen molar-refractivity contribution in [2.75, 3.05) is 18.2 Å². The van der Waals surface area contributed by atoms with Gasteiger partial charge in [0.2, 0.25) is 11.0 Å². The van der Waals surface area contributed by atoms with Gasteiger partial charge in [-0.1, -0.05) is 36.9 Å². The Hall–Kier alpha value is -3.25. The molecular weight excluding hydrogens is 450 g/mol. The zero-order valence-electron chi connectivity index (χ0n) is 17.7. The van der Waals surface area contributed by atoms with E-state index >= 15 is 0 Å². The lowest BCUT2D eigenvalue weighted by Crippen LogP contribution is -2.15. The summed E-state index contributed by atoms with van der Waals surface area (Å²) in [6.45, 7) is 4.20. The van der Waals surface area contributed by atoms with Crippen LogP contribution in [0.15, 0.2) is 40.3 Å². The Morgan fingerprint density at radius 1 is 1.25 bits per heavy atom. The van der Waals surface area contributed by atoms with Gasteiger partial charge in [-0.15, -0.1) is 10.2 Å². The smallest absolute Gasteiger partial charge is 0.266 e. The molecule has 0 unspecified atom stereocenters. The summed E-state index contributed by atoms with van der Waals surface area (Å²) in [5.41, 5.74) is 0.880. The van der Waals surface area contributed by atoms with Crippen molar-refractivity contribution >= 4 is 39.8 Å². The van der Waals surface area contributed by atoms with Gasteiger partial charge in [0, 0.05) is 18.1 Å². The van der Waals surface area contributed by atoms with Crippen LogP contribution in [0.3, 0.4) is 0 Å². The predicted octanol–water partition coefficient (Wildman–Crippen LogP) is 2.87. The first-order chi connectivity index (χ1) is 15.4. The summed E-state index contributed by atoms with van der Waals surface area (Å²) in [5, 5.41) is 15.3. The van der Waals surface area contributed by atoms with Gasteiger partial charge in [-0.2, -0.15) is 0 Å². The minimum atomic E-state index is -0.302. The summed E-state index contributed by atoms with van der Waals surface area (Å²) in [4.78, 5) is 33.3. The van der Waals surface area contributed by atoms with Gasteiger partial charge in [-0.3, -0.25) is 20.0 Å². The van der Waals surface area contributed by atoms with E-state index in [1.54, 1.807) is 7.11 Å². The van der Waals surface area contributed by atoms with Crippen molar-refractivity contribution in [1.29, 1.82) is 0 Å². The van der Waals surface area contributed by atoms with Crippen LogP contribution in [0.25, 0.3) is 17.0 Å². The second-order valence-electron chi connectivity index (χ2n) is 7.31. The second kappa shape index (κ2) is 9.49. The molecule has 0 aliphatic rings. The summed E-state index contributed by atoms with van der Waals surface area (Å²) in [7, 11) is 1.59. The summed E-state index contributed by atoms with van der Waals surface area (Å²) in [6.07, 6.45) is 0.816. The summed E-state index contributed by atoms with van der Waals surface area (Å²) in [5.74, 6) is 1.46. The number of thioether (sulfide) groups is 1. The quantitative estimate of drug-likeness (QED) is 0.376. The minimum Gasteiger partial charge on any atom is -0.497 e. The monoisotopic (exact) mass is 471 g/mol. The third-order valence-electron chi connectivity index (χ3n) is 4.30. The van der Waals surface area contributed by atoms with Crippen LogP contribution < -0.4 is 15.6 Å². The second-order valence-corrected chi connectivity index (χ2v) is 9.31. The normalized spacial score (nSPS) is 11.2. The molecule has 2 N–H and O–H groups in total. The number of aromatic amines is 1. The van der Waals surface area contributed by atoms with E-state index in [2.05, 4.69) is 44.4 Å². The molecule has 0 spiro atoms. The van der Waals surface area contributed by atoms with Crippen LogP contribution in [-0.2, 0) is 11.2 Å². The van der Waals surface area contributed by atoms with Crippen LogP contribution in [0, 0.1) is 5.92 Å². The van der Waals surface area contributed by atoms with Crippen LogP contribution >= 0.6 is 23.1 Å². The number of anilines is 1. The first-order valence-corrected chi connectivity index (χ1v) is 11.6. The van der Waals surface area contributed by atoms with Crippen LogP contribution in [0.1, 0.15) is 18.9 Å². The Bertz CT molecular complexity index is 1290. The number of nitrogens with zero attached hydrogens (tertiary/aromatic N) is 5. The van der Waals surface area contributed by atoms with E-state index < -0.39 is 0 Å². The Balaban J connectivity index is 1.52. The number of hydrogen-bond acceptors (Lipinski definition) is 9. The molecule has 3 aromatic heterocycles. The molecule has 0 aliphatic carbocycles. The number of carbonyl (C=O) groups is 1. The number of benzene rings is 1. The number of aromatic nitrogens is 6. The zero-order valence-corrected chi connectivity index (χ0v) is 19.3. The maximum Gasteiger partial charge on any atom is 0.266 e. The highest BCUT2D eigenvalue weighted by molar-refractivity contribution is 7.99. The molecule has 32 heavy (non-hydrogen) atoms. The van der Waals surface area contributed by atoms with Crippen molar-refractivity contribution in [2.24, 2.45) is 5.92 Å². The van der Waals surface area contributed by atoms with Gasteiger partial charge in [0.05, 0.1) is 12.9 Å². The molecule has 12 heteroatoms. The third kappa shape index (κ3) is 5.14. The van der Waals surface area contributed by atoms with Crippen molar-refractivity contribution in [3.8, 4) is 17.1 Å². The number of carbonyl (C=O) groups excluding carboxylic acids is 1. The fourth-order valence-electron chi connectivity index (χ4n) is 2.87. The van der Waals surface area contributed by atoms with Crippen molar-refractivity contribution < 1.29 is 9.53 Å². The summed E-state index contributed by atoms with van der Waals surface area (Å²) in [6, 6.07) is 8.67. The predicted molar refractivity (Wildman–Crippen MR) is 123 cm³/mol. The van der Waals surface area contributed by atoms with Crippen molar-refractivity contribution in [1.82, 2.24) is 29.8 Å². The number of rotatable bonds is 8. The number of hydrogen-bond donors (Lipinski definition) is 2. The maximum absolute atomic E-state index is 12.5. The highest BCUT2D eigenvalue weighted by atomic mass is 32.2. The summed E-state index contributed by atoms with van der Waals surface area (Å²) < 4.78 is 6.66. The lowest BCUT2D eigenvalue weighted by Gasteiger charge is -2.08. The average Bonchev–Trinajstić information content (AvgIpc) is 3.36. The highest BCUT2D eigenvalue weighted by Gasteiger charge is 2.15. The molecule has 4 rings (SSSR count). The van der Waals surface area contributed by atoms with E-state index in [0.29, 0.717) is 33.4 Å². The van der Waals surface area contributed by atoms with Gasteiger partial charge < -0.3 is 4.74 Å². The Kier molecular flexibility index (Phi) is 6.51. The number of methoxy groups -OCH3 is 1. The van der Waals surface area contributed by atoms with Crippen LogP contribution in [0.4, 0.5) is 5.13 Å². The Morgan fingerprint density at radius 3 is 2.75 bits per heavy atom. The van der Waals surface area contributed by atoms with Gasteiger partial charge in [0.15, 0.2) is 16.6 Å². The van der Waals surface area contributed by atoms with Crippen LogP contribution in [0.2, 0.25) is 0 Å². The molecule has 0 radical (unpaired) electrons. The molecule has 4 aromatic rings. The number of H-pyrrole nitrogens is 1. The molecule has 1 amide bonds. The lowest BCUT2D eigenvalue weighted by molar-refractivity contribution is -0.113. The molecule has 0 fully saturated rings. The van der Waals surface area contributed by atoms with E-state index in [4.69, 9.17) is 4.74 Å². The largest absolute Gasteiger partial charge is 0.497 e. The Morgan fingerprint density at radius 2 is 2.03 bits per heavy atom. The number of fused-ring (bicyclic) bond motifs is 1. The van der Waals surface area contributed by atoms with Crippen molar-refractivity contribution in [3.05, 3.63) is 45.7 Å². The number of amides is 1. The van der Waals surface area contributed by atoms with E-state index in [9.17, 15) is 9.59 Å². The highest BCUT2D eigenvalue weighted by Crippen LogP contribution is 2.24. The summed E-state index contributed by atoms with van der Waals surface area (Å²) >= 11 is 2.55. The fraction of sp³-hybridized carbons (Fsp3) is 0.300. The lowest BCUT2D eigenvalue weighted by atomic mass is 10.1. The van der Waals surface area contributed by atoms with Gasteiger partial charge in [0.1, 0.15) is 10.8 Å².